The molecule has 0 fully saturated rings. The summed E-state index contributed by atoms with van der Waals surface area (Å²) in [5, 5.41) is 3.60. The Balaban J connectivity index is 2.05. The third kappa shape index (κ3) is 2.95. The molecule has 0 aliphatic carbocycles. The summed E-state index contributed by atoms with van der Waals surface area (Å²) in [5.41, 5.74) is 3.43. The molecular formula is C12H9ClN2O2. The summed E-state index contributed by atoms with van der Waals surface area (Å²) in [7, 11) is 0. The number of anilines is 1. The molecule has 1 aromatic heterocycles. The smallest absolute Gasteiger partial charge is 0.259 e. The van der Waals surface area contributed by atoms with Crippen molar-refractivity contribution < 1.29 is 9.21 Å². The van der Waals surface area contributed by atoms with Gasteiger partial charge in [-0.2, -0.15) is 5.10 Å². The summed E-state index contributed by atoms with van der Waals surface area (Å²) >= 11 is 5.75. The summed E-state index contributed by atoms with van der Waals surface area (Å²) in [6.07, 6.45) is 1.40. The lowest BCUT2D eigenvalue weighted by atomic mass is 10.3. The highest BCUT2D eigenvalue weighted by molar-refractivity contribution is 6.84. The van der Waals surface area contributed by atoms with E-state index in [1.165, 1.54) is 12.3 Å². The molecule has 86 valence electrons. The van der Waals surface area contributed by atoms with Gasteiger partial charge in [0, 0.05) is 0 Å². The zero-order valence-electron chi connectivity index (χ0n) is 8.76. The van der Waals surface area contributed by atoms with Crippen LogP contribution in [-0.4, -0.2) is 11.0 Å². The van der Waals surface area contributed by atoms with E-state index < -0.39 is 5.78 Å². The van der Waals surface area contributed by atoms with Crippen molar-refractivity contribution in [3.8, 4) is 0 Å². The van der Waals surface area contributed by atoms with Gasteiger partial charge in [-0.3, -0.25) is 10.2 Å². The molecule has 2 aromatic rings. The van der Waals surface area contributed by atoms with E-state index in [1.54, 1.807) is 6.07 Å². The molecule has 5 heteroatoms. The van der Waals surface area contributed by atoms with Crippen molar-refractivity contribution in [3.05, 3.63) is 54.5 Å². The summed E-state index contributed by atoms with van der Waals surface area (Å²) in [4.78, 5) is 11.6. The highest BCUT2D eigenvalue weighted by Gasteiger charge is 2.14. The molecular weight excluding hydrogens is 240 g/mol. The predicted octanol–water partition coefficient (Wildman–Crippen LogP) is 3.13. The van der Waals surface area contributed by atoms with Crippen LogP contribution in [0.25, 0.3) is 0 Å². The molecule has 0 radical (unpaired) electrons. The van der Waals surface area contributed by atoms with Gasteiger partial charge in [0.2, 0.25) is 5.17 Å². The van der Waals surface area contributed by atoms with Crippen LogP contribution < -0.4 is 5.43 Å². The van der Waals surface area contributed by atoms with E-state index in [2.05, 4.69) is 10.5 Å². The van der Waals surface area contributed by atoms with Crippen LogP contribution in [0, 0.1) is 0 Å². The Morgan fingerprint density at radius 2 is 1.94 bits per heavy atom. The maximum atomic E-state index is 11.6. The van der Waals surface area contributed by atoms with Gasteiger partial charge in [0.05, 0.1) is 12.0 Å². The van der Waals surface area contributed by atoms with Gasteiger partial charge in [-0.25, -0.2) is 0 Å². The Kier molecular flexibility index (Phi) is 3.57. The van der Waals surface area contributed by atoms with Crippen LogP contribution in [0.3, 0.4) is 0 Å². The third-order valence-electron chi connectivity index (χ3n) is 1.99. The van der Waals surface area contributed by atoms with Crippen molar-refractivity contribution in [2.24, 2.45) is 5.10 Å². The third-order valence-corrected chi connectivity index (χ3v) is 2.25. The molecule has 1 aromatic carbocycles. The Morgan fingerprint density at radius 1 is 1.18 bits per heavy atom. The van der Waals surface area contributed by atoms with E-state index in [4.69, 9.17) is 16.0 Å². The number of benzene rings is 1. The number of rotatable bonds is 4. The zero-order chi connectivity index (χ0) is 12.1. The molecule has 1 N–H and O–H groups in total. The van der Waals surface area contributed by atoms with E-state index in [1.807, 2.05) is 30.3 Å². The lowest BCUT2D eigenvalue weighted by Gasteiger charge is -1.99. The fourth-order valence-corrected chi connectivity index (χ4v) is 1.32. The number of nitrogens with one attached hydrogen (secondary N) is 1. The molecule has 1 heterocycles. The fourth-order valence-electron chi connectivity index (χ4n) is 1.19. The highest BCUT2D eigenvalue weighted by atomic mass is 35.5. The quantitative estimate of drug-likeness (QED) is 0.514. The standard InChI is InChI=1S/C12H9ClN2O2/c13-12(11(16)10-7-4-8-17-10)15-14-9-5-2-1-3-6-9/h1-8,14H/b15-12-. The van der Waals surface area contributed by atoms with Crippen molar-refractivity contribution >= 4 is 28.2 Å². The Hall–Kier alpha value is -2.07. The first-order valence-electron chi connectivity index (χ1n) is 4.90. The molecule has 2 rings (SSSR count). The number of ketones is 1. The second kappa shape index (κ2) is 5.32. The number of Topliss-reactive ketones (excluding diaryl/α,β-unsaturated/α-hetero) is 1. The number of furan rings is 1. The Morgan fingerprint density at radius 3 is 2.59 bits per heavy atom. The van der Waals surface area contributed by atoms with Gasteiger partial charge in [0.25, 0.3) is 5.78 Å². The van der Waals surface area contributed by atoms with E-state index in [0.29, 0.717) is 0 Å². The maximum absolute atomic E-state index is 11.6. The molecule has 0 saturated heterocycles. The van der Waals surface area contributed by atoms with Crippen LogP contribution >= 0.6 is 11.6 Å². The highest BCUT2D eigenvalue weighted by Crippen LogP contribution is 2.08. The molecule has 0 aliphatic heterocycles. The van der Waals surface area contributed by atoms with E-state index in [0.717, 1.165) is 5.69 Å². The van der Waals surface area contributed by atoms with Gasteiger partial charge < -0.3 is 4.42 Å². The number of hydrazone groups is 1. The monoisotopic (exact) mass is 248 g/mol. The van der Waals surface area contributed by atoms with Crippen LogP contribution in [0.15, 0.2) is 58.2 Å². The van der Waals surface area contributed by atoms with Crippen LogP contribution in [0.1, 0.15) is 10.6 Å². The SMILES string of the molecule is O=C(/C(Cl)=N/Nc1ccccc1)c1ccco1. The number of hydrogen-bond acceptors (Lipinski definition) is 4. The first-order valence-corrected chi connectivity index (χ1v) is 5.27. The van der Waals surface area contributed by atoms with E-state index in [9.17, 15) is 4.79 Å². The molecule has 0 amide bonds. The lowest BCUT2D eigenvalue weighted by Crippen LogP contribution is -2.09. The van der Waals surface area contributed by atoms with Gasteiger partial charge in [-0.15, -0.1) is 0 Å². The van der Waals surface area contributed by atoms with Crippen LogP contribution in [-0.2, 0) is 0 Å². The van der Waals surface area contributed by atoms with Crippen molar-refractivity contribution in [1.29, 1.82) is 0 Å². The van der Waals surface area contributed by atoms with Crippen LogP contribution in [0.4, 0.5) is 5.69 Å². The number of nitrogens with zero attached hydrogens (tertiary/aromatic N) is 1. The molecule has 0 unspecified atom stereocenters. The summed E-state index contributed by atoms with van der Waals surface area (Å²) in [5.74, 6) is -0.297. The number of hydrogen-bond donors (Lipinski definition) is 1. The number of carbonyl (C=O) groups is 1. The molecule has 0 spiro atoms. The molecule has 4 nitrogen and oxygen atoms in total. The van der Waals surface area contributed by atoms with Crippen molar-refractivity contribution in [2.75, 3.05) is 5.43 Å². The van der Waals surface area contributed by atoms with Crippen LogP contribution in [0.2, 0.25) is 0 Å². The van der Waals surface area contributed by atoms with E-state index in [-0.39, 0.29) is 10.9 Å². The second-order valence-corrected chi connectivity index (χ2v) is 3.54. The maximum Gasteiger partial charge on any atom is 0.259 e. The summed E-state index contributed by atoms with van der Waals surface area (Å²) < 4.78 is 4.93. The molecule has 17 heavy (non-hydrogen) atoms. The topological polar surface area (TPSA) is 54.6 Å². The average molecular weight is 249 g/mol. The van der Waals surface area contributed by atoms with E-state index >= 15 is 0 Å². The normalized spacial score (nSPS) is 11.2. The first-order chi connectivity index (χ1) is 8.27. The number of carbonyl (C=O) groups excluding carboxylic acids is 1. The largest absolute Gasteiger partial charge is 0.461 e. The number of halogens is 1. The fraction of sp³-hybridized carbons (Fsp3) is 0. The van der Waals surface area contributed by atoms with Gasteiger partial charge in [0.1, 0.15) is 0 Å². The van der Waals surface area contributed by atoms with Crippen LogP contribution in [0.5, 0.6) is 0 Å². The lowest BCUT2D eigenvalue weighted by molar-refractivity contribution is 0.104. The first kappa shape index (κ1) is 11.4. The Labute approximate surface area is 103 Å². The zero-order valence-corrected chi connectivity index (χ0v) is 9.52. The molecule has 0 atom stereocenters. The predicted molar refractivity (Wildman–Crippen MR) is 66.4 cm³/mol. The molecule has 0 bridgehead atoms. The molecule has 0 aliphatic rings. The van der Waals surface area contributed by atoms with Gasteiger partial charge in [0.15, 0.2) is 5.76 Å². The molecule has 0 saturated carbocycles. The van der Waals surface area contributed by atoms with Gasteiger partial charge in [-0.05, 0) is 24.3 Å². The van der Waals surface area contributed by atoms with Gasteiger partial charge >= 0.3 is 0 Å². The van der Waals surface area contributed by atoms with Gasteiger partial charge in [-0.1, -0.05) is 29.8 Å². The second-order valence-electron chi connectivity index (χ2n) is 3.19. The minimum Gasteiger partial charge on any atom is -0.461 e. The van der Waals surface area contributed by atoms with Crippen molar-refractivity contribution in [3.63, 3.8) is 0 Å². The minimum absolute atomic E-state index is 0.161. The summed E-state index contributed by atoms with van der Waals surface area (Å²) in [6, 6.07) is 12.3. The summed E-state index contributed by atoms with van der Waals surface area (Å²) in [6.45, 7) is 0. The Bertz CT molecular complexity index is 521. The van der Waals surface area contributed by atoms with Crippen molar-refractivity contribution in [1.82, 2.24) is 0 Å². The average Bonchev–Trinajstić information content (AvgIpc) is 2.90. The van der Waals surface area contributed by atoms with Crippen molar-refractivity contribution in [2.45, 2.75) is 0 Å². The minimum atomic E-state index is -0.458. The number of para-hydroxylation sites is 1.